The molecule has 3 N–H and O–H groups in total. The van der Waals surface area contributed by atoms with Crippen molar-refractivity contribution in [3.8, 4) is 0 Å². The van der Waals surface area contributed by atoms with E-state index in [1.165, 1.54) is 0 Å². The Kier molecular flexibility index (Phi) is 3.54. The first-order valence-corrected chi connectivity index (χ1v) is 6.41. The van der Waals surface area contributed by atoms with Gasteiger partial charge in [-0.05, 0) is 38.5 Å². The summed E-state index contributed by atoms with van der Waals surface area (Å²) >= 11 is 0. The van der Waals surface area contributed by atoms with E-state index in [0.29, 0.717) is 12.8 Å². The Morgan fingerprint density at radius 1 is 1.12 bits per heavy atom. The van der Waals surface area contributed by atoms with Gasteiger partial charge in [0, 0.05) is 0 Å². The molecule has 0 aromatic carbocycles. The predicted octanol–water partition coefficient (Wildman–Crippen LogP) is 1.45. The third-order valence-electron chi connectivity index (χ3n) is 3.85. The summed E-state index contributed by atoms with van der Waals surface area (Å²) in [5.41, 5.74) is 4.51. The zero-order chi connectivity index (χ0) is 12.3. The molecule has 5 nitrogen and oxygen atoms in total. The highest BCUT2D eigenvalue weighted by Crippen LogP contribution is 2.30. The number of primary amides is 1. The van der Waals surface area contributed by atoms with E-state index in [4.69, 9.17) is 10.5 Å². The van der Waals surface area contributed by atoms with Crippen LogP contribution in [0.4, 0.5) is 4.79 Å². The molecule has 0 aromatic rings. The highest BCUT2D eigenvalue weighted by molar-refractivity contribution is 5.89. The monoisotopic (exact) mass is 240 g/mol. The molecule has 0 atom stereocenters. The molecule has 2 aliphatic carbocycles. The van der Waals surface area contributed by atoms with Crippen LogP contribution in [-0.2, 0) is 9.53 Å². The Labute approximate surface area is 101 Å². The molecule has 0 aromatic heterocycles. The standard InChI is InChI=1S/C12H20N2O3/c13-10(15)12(7-3-4-8-12)14-11(16)17-9-5-1-2-6-9/h9H,1-8H2,(H2,13,15)(H,14,16). The van der Waals surface area contributed by atoms with E-state index in [1.54, 1.807) is 0 Å². The van der Waals surface area contributed by atoms with E-state index in [-0.39, 0.29) is 6.10 Å². The van der Waals surface area contributed by atoms with Crippen LogP contribution in [0.3, 0.4) is 0 Å². The van der Waals surface area contributed by atoms with Crippen molar-refractivity contribution in [2.75, 3.05) is 0 Å². The molecule has 2 rings (SSSR count). The fourth-order valence-corrected chi connectivity index (χ4v) is 2.79. The van der Waals surface area contributed by atoms with Crippen LogP contribution in [0.5, 0.6) is 0 Å². The van der Waals surface area contributed by atoms with E-state index in [0.717, 1.165) is 38.5 Å². The van der Waals surface area contributed by atoms with Crippen LogP contribution in [0.2, 0.25) is 0 Å². The minimum Gasteiger partial charge on any atom is -0.446 e. The van der Waals surface area contributed by atoms with E-state index < -0.39 is 17.5 Å². The first kappa shape index (κ1) is 12.2. The highest BCUT2D eigenvalue weighted by atomic mass is 16.6. The number of alkyl carbamates (subject to hydrolysis) is 1. The normalized spacial score (nSPS) is 23.5. The molecule has 0 unspecified atom stereocenters. The molecule has 2 amide bonds. The summed E-state index contributed by atoms with van der Waals surface area (Å²) in [7, 11) is 0. The average molecular weight is 240 g/mol. The van der Waals surface area contributed by atoms with Crippen LogP contribution in [-0.4, -0.2) is 23.6 Å². The van der Waals surface area contributed by atoms with Crippen molar-refractivity contribution in [1.82, 2.24) is 5.32 Å². The smallest absolute Gasteiger partial charge is 0.408 e. The maximum absolute atomic E-state index is 11.7. The number of ether oxygens (including phenoxy) is 1. The van der Waals surface area contributed by atoms with Crippen molar-refractivity contribution in [2.45, 2.75) is 63.0 Å². The number of nitrogens with one attached hydrogen (secondary N) is 1. The molecule has 0 heterocycles. The van der Waals surface area contributed by atoms with Gasteiger partial charge in [0.05, 0.1) is 0 Å². The Balaban J connectivity index is 1.89. The van der Waals surface area contributed by atoms with Gasteiger partial charge in [-0.15, -0.1) is 0 Å². The molecule has 0 saturated heterocycles. The van der Waals surface area contributed by atoms with Crippen molar-refractivity contribution in [3.05, 3.63) is 0 Å². The summed E-state index contributed by atoms with van der Waals surface area (Å²) in [6.07, 6.45) is 6.70. The Bertz CT molecular complexity index is 305. The zero-order valence-electron chi connectivity index (χ0n) is 10.0. The fourth-order valence-electron chi connectivity index (χ4n) is 2.79. The van der Waals surface area contributed by atoms with Crippen molar-refractivity contribution in [2.24, 2.45) is 5.73 Å². The van der Waals surface area contributed by atoms with Crippen LogP contribution in [0.15, 0.2) is 0 Å². The van der Waals surface area contributed by atoms with Gasteiger partial charge in [0.2, 0.25) is 5.91 Å². The van der Waals surface area contributed by atoms with Crippen LogP contribution in [0.1, 0.15) is 51.4 Å². The molecule has 2 fully saturated rings. The number of carbonyl (C=O) groups excluding carboxylic acids is 2. The summed E-state index contributed by atoms with van der Waals surface area (Å²) in [6.45, 7) is 0. The van der Waals surface area contributed by atoms with Gasteiger partial charge in [0.1, 0.15) is 11.6 Å². The van der Waals surface area contributed by atoms with E-state index in [9.17, 15) is 9.59 Å². The lowest BCUT2D eigenvalue weighted by atomic mass is 9.97. The first-order chi connectivity index (χ1) is 8.12. The van der Waals surface area contributed by atoms with Gasteiger partial charge in [-0.1, -0.05) is 12.8 Å². The third-order valence-corrected chi connectivity index (χ3v) is 3.85. The quantitative estimate of drug-likeness (QED) is 0.783. The largest absolute Gasteiger partial charge is 0.446 e. The molecule has 0 spiro atoms. The zero-order valence-corrected chi connectivity index (χ0v) is 10.0. The van der Waals surface area contributed by atoms with Crippen molar-refractivity contribution in [1.29, 1.82) is 0 Å². The minimum absolute atomic E-state index is 0.0151. The molecule has 96 valence electrons. The van der Waals surface area contributed by atoms with Crippen LogP contribution in [0.25, 0.3) is 0 Å². The van der Waals surface area contributed by atoms with Gasteiger partial charge >= 0.3 is 6.09 Å². The van der Waals surface area contributed by atoms with Gasteiger partial charge in [0.15, 0.2) is 0 Å². The number of hydrogen-bond donors (Lipinski definition) is 2. The van der Waals surface area contributed by atoms with E-state index >= 15 is 0 Å². The maximum atomic E-state index is 11.7. The lowest BCUT2D eigenvalue weighted by Crippen LogP contribution is -2.56. The topological polar surface area (TPSA) is 81.4 Å². The van der Waals surface area contributed by atoms with E-state index in [2.05, 4.69) is 5.32 Å². The lowest BCUT2D eigenvalue weighted by Gasteiger charge is -2.26. The second kappa shape index (κ2) is 4.94. The lowest BCUT2D eigenvalue weighted by molar-refractivity contribution is -0.124. The van der Waals surface area contributed by atoms with Gasteiger partial charge < -0.3 is 15.8 Å². The molecular weight excluding hydrogens is 220 g/mol. The molecule has 2 aliphatic rings. The summed E-state index contributed by atoms with van der Waals surface area (Å²) in [6, 6.07) is 0. The van der Waals surface area contributed by atoms with Gasteiger partial charge in [-0.2, -0.15) is 0 Å². The minimum atomic E-state index is -0.865. The summed E-state index contributed by atoms with van der Waals surface area (Å²) in [4.78, 5) is 23.2. The molecule has 0 radical (unpaired) electrons. The molecule has 0 bridgehead atoms. The Morgan fingerprint density at radius 2 is 1.71 bits per heavy atom. The highest BCUT2D eigenvalue weighted by Gasteiger charge is 2.41. The number of amides is 2. The van der Waals surface area contributed by atoms with E-state index in [1.807, 2.05) is 0 Å². The number of nitrogens with two attached hydrogens (primary N) is 1. The second-order valence-electron chi connectivity index (χ2n) is 5.09. The van der Waals surface area contributed by atoms with Crippen molar-refractivity contribution >= 4 is 12.0 Å². The van der Waals surface area contributed by atoms with Crippen LogP contribution in [0, 0.1) is 0 Å². The van der Waals surface area contributed by atoms with Gasteiger partial charge in [-0.25, -0.2) is 4.79 Å². The van der Waals surface area contributed by atoms with Crippen molar-refractivity contribution < 1.29 is 14.3 Å². The SMILES string of the molecule is NC(=O)C1(NC(=O)OC2CCCC2)CCCC1. The number of hydrogen-bond acceptors (Lipinski definition) is 3. The van der Waals surface area contributed by atoms with Crippen molar-refractivity contribution in [3.63, 3.8) is 0 Å². The third kappa shape index (κ3) is 2.70. The van der Waals surface area contributed by atoms with Crippen LogP contribution >= 0.6 is 0 Å². The van der Waals surface area contributed by atoms with Gasteiger partial charge in [0.25, 0.3) is 0 Å². The maximum Gasteiger partial charge on any atom is 0.408 e. The fraction of sp³-hybridized carbons (Fsp3) is 0.833. The summed E-state index contributed by atoms with van der Waals surface area (Å²) < 4.78 is 5.29. The summed E-state index contributed by atoms with van der Waals surface area (Å²) in [5, 5.41) is 2.68. The molecular formula is C12H20N2O3. The second-order valence-corrected chi connectivity index (χ2v) is 5.09. The number of rotatable bonds is 3. The molecule has 2 saturated carbocycles. The summed E-state index contributed by atoms with van der Waals surface area (Å²) in [5.74, 6) is -0.446. The molecule has 5 heteroatoms. The molecule has 0 aliphatic heterocycles. The Morgan fingerprint density at radius 3 is 2.24 bits per heavy atom. The molecule has 17 heavy (non-hydrogen) atoms. The van der Waals surface area contributed by atoms with Crippen LogP contribution < -0.4 is 11.1 Å². The Hall–Kier alpha value is -1.26. The van der Waals surface area contributed by atoms with Gasteiger partial charge in [-0.3, -0.25) is 4.79 Å². The average Bonchev–Trinajstić information content (AvgIpc) is 2.89. The predicted molar refractivity (Wildman–Crippen MR) is 62.3 cm³/mol. The number of carbonyl (C=O) groups is 2. The first-order valence-electron chi connectivity index (χ1n) is 6.41.